The maximum absolute atomic E-state index is 12.6. The topological polar surface area (TPSA) is 67.9 Å². The molecule has 1 aliphatic heterocycles. The van der Waals surface area contributed by atoms with Gasteiger partial charge in [-0.1, -0.05) is 66.7 Å². The molecule has 1 aliphatic rings. The van der Waals surface area contributed by atoms with Gasteiger partial charge in [-0.2, -0.15) is 0 Å². The molecule has 0 fully saturated rings. The monoisotopic (exact) mass is 430 g/mol. The number of benzene rings is 3. The Kier molecular flexibility index (Phi) is 7.02. The Bertz CT molecular complexity index is 1050. The van der Waals surface area contributed by atoms with Crippen molar-refractivity contribution >= 4 is 17.9 Å². The number of nitrogens with one attached hydrogen (secondary N) is 1. The fourth-order valence-electron chi connectivity index (χ4n) is 3.68. The van der Waals surface area contributed by atoms with Crippen LogP contribution in [0.1, 0.15) is 28.7 Å². The zero-order valence-corrected chi connectivity index (χ0v) is 17.8. The minimum absolute atomic E-state index is 0.220. The zero-order chi connectivity index (χ0) is 22.2. The molecule has 32 heavy (non-hydrogen) atoms. The third-order valence-electron chi connectivity index (χ3n) is 5.36. The van der Waals surface area contributed by atoms with Crippen LogP contribution in [0.15, 0.2) is 78.9 Å². The average molecular weight is 431 g/mol. The van der Waals surface area contributed by atoms with Gasteiger partial charge < -0.3 is 14.4 Å². The van der Waals surface area contributed by atoms with Gasteiger partial charge >= 0.3 is 12.2 Å². The summed E-state index contributed by atoms with van der Waals surface area (Å²) in [7, 11) is 0. The predicted molar refractivity (Wildman–Crippen MR) is 122 cm³/mol. The second-order valence-electron chi connectivity index (χ2n) is 7.74. The Labute approximate surface area is 187 Å². The van der Waals surface area contributed by atoms with Crippen molar-refractivity contribution in [3.63, 3.8) is 0 Å². The van der Waals surface area contributed by atoms with Gasteiger partial charge in [0.25, 0.3) is 0 Å². The van der Waals surface area contributed by atoms with Gasteiger partial charge in [0.15, 0.2) is 0 Å². The molecule has 1 N–H and O–H groups in total. The first-order chi connectivity index (χ1) is 15.7. The van der Waals surface area contributed by atoms with Crippen LogP contribution in [-0.4, -0.2) is 23.6 Å². The van der Waals surface area contributed by atoms with Crippen molar-refractivity contribution in [3.8, 4) is 0 Å². The molecule has 2 amide bonds. The van der Waals surface area contributed by atoms with Crippen LogP contribution in [0.5, 0.6) is 0 Å². The van der Waals surface area contributed by atoms with Gasteiger partial charge in [0.05, 0.1) is 0 Å². The highest BCUT2D eigenvalue weighted by atomic mass is 16.6. The van der Waals surface area contributed by atoms with Gasteiger partial charge in [-0.3, -0.25) is 5.32 Å². The van der Waals surface area contributed by atoms with E-state index in [4.69, 9.17) is 9.47 Å². The van der Waals surface area contributed by atoms with Crippen LogP contribution in [-0.2, 0) is 35.7 Å². The highest BCUT2D eigenvalue weighted by molar-refractivity contribution is 5.84. The van der Waals surface area contributed by atoms with Gasteiger partial charge in [-0.25, -0.2) is 9.59 Å². The SMILES string of the molecule is O=C(Nc1ccc2c(c1)CCCN(C(=O)OCc1ccccc1)C2)OCc1ccccc1. The summed E-state index contributed by atoms with van der Waals surface area (Å²) >= 11 is 0. The van der Waals surface area contributed by atoms with Crippen molar-refractivity contribution in [1.82, 2.24) is 4.90 Å². The molecule has 0 saturated heterocycles. The molecule has 0 radical (unpaired) electrons. The van der Waals surface area contributed by atoms with Crippen molar-refractivity contribution in [2.24, 2.45) is 0 Å². The van der Waals surface area contributed by atoms with Gasteiger partial charge in [-0.05, 0) is 47.2 Å². The third kappa shape index (κ3) is 5.88. The molecule has 6 heteroatoms. The number of anilines is 1. The minimum atomic E-state index is -0.492. The molecule has 0 spiro atoms. The van der Waals surface area contributed by atoms with Gasteiger partial charge in [0.1, 0.15) is 13.2 Å². The standard InChI is InChI=1S/C26H26N2O4/c29-25(31-18-20-8-3-1-4-9-20)27-24-14-13-23-17-28(15-7-12-22(23)16-24)26(30)32-19-21-10-5-2-6-11-21/h1-6,8-11,13-14,16H,7,12,15,17-19H2,(H,27,29). The number of hydrogen-bond acceptors (Lipinski definition) is 4. The maximum Gasteiger partial charge on any atom is 0.411 e. The lowest BCUT2D eigenvalue weighted by Crippen LogP contribution is -2.31. The lowest BCUT2D eigenvalue weighted by atomic mass is 10.0. The Morgan fingerprint density at radius 3 is 2.16 bits per heavy atom. The van der Waals surface area contributed by atoms with Crippen molar-refractivity contribution in [2.75, 3.05) is 11.9 Å². The first kappa shape index (κ1) is 21.4. The molecule has 0 aliphatic carbocycles. The second-order valence-corrected chi connectivity index (χ2v) is 7.74. The summed E-state index contributed by atoms with van der Waals surface area (Å²) in [6.45, 7) is 1.60. The molecule has 0 bridgehead atoms. The fraction of sp³-hybridized carbons (Fsp3) is 0.231. The largest absolute Gasteiger partial charge is 0.445 e. The number of ether oxygens (including phenoxy) is 2. The van der Waals surface area contributed by atoms with Gasteiger partial charge in [0, 0.05) is 18.8 Å². The van der Waals surface area contributed by atoms with E-state index >= 15 is 0 Å². The van der Waals surface area contributed by atoms with Crippen LogP contribution in [0.2, 0.25) is 0 Å². The molecule has 3 aromatic carbocycles. The van der Waals surface area contributed by atoms with Crippen LogP contribution in [0.25, 0.3) is 0 Å². The molecule has 164 valence electrons. The molecule has 4 rings (SSSR count). The minimum Gasteiger partial charge on any atom is -0.445 e. The van der Waals surface area contributed by atoms with Crippen LogP contribution >= 0.6 is 0 Å². The summed E-state index contributed by atoms with van der Waals surface area (Å²) < 4.78 is 10.8. The summed E-state index contributed by atoms with van der Waals surface area (Å²) in [6, 6.07) is 24.9. The lowest BCUT2D eigenvalue weighted by molar-refractivity contribution is 0.0942. The average Bonchev–Trinajstić information content (AvgIpc) is 3.05. The smallest absolute Gasteiger partial charge is 0.411 e. The highest BCUT2D eigenvalue weighted by Gasteiger charge is 2.20. The van der Waals surface area contributed by atoms with E-state index in [1.54, 1.807) is 4.90 Å². The van der Waals surface area contributed by atoms with Gasteiger partial charge in [-0.15, -0.1) is 0 Å². The third-order valence-corrected chi connectivity index (χ3v) is 5.36. The normalized spacial score (nSPS) is 12.9. The summed E-state index contributed by atoms with van der Waals surface area (Å²) in [6.07, 6.45) is 0.851. The summed E-state index contributed by atoms with van der Waals surface area (Å²) in [5, 5.41) is 2.79. The number of amides is 2. The summed E-state index contributed by atoms with van der Waals surface area (Å²) in [5.74, 6) is 0. The van der Waals surface area contributed by atoms with Crippen molar-refractivity contribution in [2.45, 2.75) is 32.6 Å². The molecule has 1 heterocycles. The van der Waals surface area contributed by atoms with E-state index in [-0.39, 0.29) is 19.3 Å². The molecule has 0 saturated carbocycles. The number of aryl methyl sites for hydroxylation is 1. The van der Waals surface area contributed by atoms with E-state index in [2.05, 4.69) is 5.32 Å². The lowest BCUT2D eigenvalue weighted by Gasteiger charge is -2.20. The first-order valence-electron chi connectivity index (χ1n) is 10.7. The summed E-state index contributed by atoms with van der Waals surface area (Å²) in [5.41, 5.74) is 4.75. The molecule has 3 aromatic rings. The van der Waals surface area contributed by atoms with E-state index in [0.717, 1.165) is 35.1 Å². The quantitative estimate of drug-likeness (QED) is 0.579. The van der Waals surface area contributed by atoms with Crippen LogP contribution < -0.4 is 5.32 Å². The number of fused-ring (bicyclic) bond motifs is 1. The number of hydrogen-bond donors (Lipinski definition) is 1. The Morgan fingerprint density at radius 1 is 0.812 bits per heavy atom. The van der Waals surface area contributed by atoms with E-state index in [9.17, 15) is 9.59 Å². The van der Waals surface area contributed by atoms with Crippen molar-refractivity contribution < 1.29 is 19.1 Å². The van der Waals surface area contributed by atoms with E-state index in [0.29, 0.717) is 18.8 Å². The molecule has 0 atom stereocenters. The molecule has 0 aromatic heterocycles. The number of carbonyl (C=O) groups is 2. The molecule has 6 nitrogen and oxygen atoms in total. The number of rotatable bonds is 5. The van der Waals surface area contributed by atoms with E-state index in [1.807, 2.05) is 78.9 Å². The van der Waals surface area contributed by atoms with Gasteiger partial charge in [0.2, 0.25) is 0 Å². The van der Waals surface area contributed by atoms with Crippen molar-refractivity contribution in [1.29, 1.82) is 0 Å². The van der Waals surface area contributed by atoms with Crippen molar-refractivity contribution in [3.05, 3.63) is 101 Å². The number of carbonyl (C=O) groups excluding carboxylic acids is 2. The van der Waals surface area contributed by atoms with Crippen LogP contribution in [0, 0.1) is 0 Å². The summed E-state index contributed by atoms with van der Waals surface area (Å²) in [4.78, 5) is 26.4. The molecule has 0 unspecified atom stereocenters. The van der Waals surface area contributed by atoms with Crippen LogP contribution in [0.4, 0.5) is 15.3 Å². The maximum atomic E-state index is 12.6. The zero-order valence-electron chi connectivity index (χ0n) is 17.8. The first-order valence-corrected chi connectivity index (χ1v) is 10.7. The van der Waals surface area contributed by atoms with E-state index in [1.165, 1.54) is 0 Å². The fourth-order valence-corrected chi connectivity index (χ4v) is 3.68. The Morgan fingerprint density at radius 2 is 1.47 bits per heavy atom. The molecular weight excluding hydrogens is 404 g/mol. The van der Waals surface area contributed by atoms with Crippen LogP contribution in [0.3, 0.4) is 0 Å². The van der Waals surface area contributed by atoms with E-state index < -0.39 is 6.09 Å². The Hall–Kier alpha value is -3.80. The predicted octanol–water partition coefficient (Wildman–Crippen LogP) is 5.52. The molecular formula is C26H26N2O4. The Balaban J connectivity index is 1.32. The number of nitrogens with zero attached hydrogens (tertiary/aromatic N) is 1. The second kappa shape index (κ2) is 10.5. The highest BCUT2D eigenvalue weighted by Crippen LogP contribution is 2.23.